The van der Waals surface area contributed by atoms with E-state index < -0.39 is 39.7 Å². The Bertz CT molecular complexity index is 916. The third-order valence-electron chi connectivity index (χ3n) is 3.53. The number of nitrogens with one attached hydrogen (secondary N) is 1. The van der Waals surface area contributed by atoms with Crippen LogP contribution in [0.15, 0.2) is 18.2 Å². The number of anilines is 1. The van der Waals surface area contributed by atoms with Gasteiger partial charge in [0.05, 0.1) is 12.0 Å². The van der Waals surface area contributed by atoms with E-state index >= 15 is 0 Å². The number of ether oxygens (including phenoxy) is 2. The van der Waals surface area contributed by atoms with Crippen LogP contribution in [-0.4, -0.2) is 33.8 Å². The lowest BCUT2D eigenvalue weighted by Crippen LogP contribution is -2.27. The topological polar surface area (TPSA) is 109 Å². The van der Waals surface area contributed by atoms with Gasteiger partial charge in [0.15, 0.2) is 5.69 Å². The first-order chi connectivity index (χ1) is 13.0. The van der Waals surface area contributed by atoms with Crippen molar-refractivity contribution in [3.8, 4) is 11.6 Å². The summed E-state index contributed by atoms with van der Waals surface area (Å²) in [4.78, 5) is 22.0. The third-order valence-corrected chi connectivity index (χ3v) is 3.88. The number of esters is 1. The van der Waals surface area contributed by atoms with Gasteiger partial charge in [-0.05, 0) is 13.0 Å². The molecule has 0 aliphatic rings. The van der Waals surface area contributed by atoms with Crippen LogP contribution in [-0.2, 0) is 22.8 Å². The highest BCUT2D eigenvalue weighted by Crippen LogP contribution is 2.41. The van der Waals surface area contributed by atoms with Crippen molar-refractivity contribution in [1.29, 1.82) is 0 Å². The van der Waals surface area contributed by atoms with E-state index in [0.29, 0.717) is 4.68 Å². The number of methoxy groups -OCH3 is 1. The molecular weight excluding hydrogens is 409 g/mol. The standard InChI is InChI=1S/C15H14ClF3N4O5/c1-7(14(24)27-3)20-9-6-8(4-5-10(9)23(25)26)28-13-11(16)12(15(17,18)19)22(2)21-13/h4-7,20H,1-3H3/t7-/m0/s1. The first kappa shape index (κ1) is 21.3. The van der Waals surface area contributed by atoms with Gasteiger partial charge in [-0.15, -0.1) is 5.10 Å². The van der Waals surface area contributed by atoms with Crippen molar-refractivity contribution >= 4 is 28.9 Å². The smallest absolute Gasteiger partial charge is 0.434 e. The molecule has 0 saturated carbocycles. The summed E-state index contributed by atoms with van der Waals surface area (Å²) >= 11 is 5.72. The van der Waals surface area contributed by atoms with Crippen molar-refractivity contribution in [2.75, 3.05) is 12.4 Å². The van der Waals surface area contributed by atoms with Gasteiger partial charge in [0, 0.05) is 19.2 Å². The van der Waals surface area contributed by atoms with Gasteiger partial charge in [-0.3, -0.25) is 14.8 Å². The van der Waals surface area contributed by atoms with Gasteiger partial charge in [0.2, 0.25) is 0 Å². The molecule has 1 aromatic carbocycles. The Morgan fingerprint density at radius 2 is 2.07 bits per heavy atom. The Kier molecular flexibility index (Phi) is 6.02. The number of alkyl halides is 3. The molecule has 1 heterocycles. The van der Waals surface area contributed by atoms with E-state index in [2.05, 4.69) is 15.2 Å². The molecule has 0 aliphatic heterocycles. The Labute approximate surface area is 161 Å². The number of hydrogen-bond acceptors (Lipinski definition) is 7. The first-order valence-electron chi connectivity index (χ1n) is 7.56. The Morgan fingerprint density at radius 3 is 2.57 bits per heavy atom. The van der Waals surface area contributed by atoms with Crippen LogP contribution in [0.5, 0.6) is 11.6 Å². The molecular formula is C15H14ClF3N4O5. The van der Waals surface area contributed by atoms with Gasteiger partial charge < -0.3 is 14.8 Å². The highest BCUT2D eigenvalue weighted by atomic mass is 35.5. The van der Waals surface area contributed by atoms with E-state index in [1.165, 1.54) is 6.92 Å². The first-order valence-corrected chi connectivity index (χ1v) is 7.93. The number of carbonyl (C=O) groups excluding carboxylic acids is 1. The number of hydrogen-bond donors (Lipinski definition) is 1. The minimum absolute atomic E-state index is 0.0844. The molecule has 28 heavy (non-hydrogen) atoms. The zero-order valence-electron chi connectivity index (χ0n) is 14.7. The van der Waals surface area contributed by atoms with Crippen LogP contribution in [0.3, 0.4) is 0 Å². The molecule has 9 nitrogen and oxygen atoms in total. The van der Waals surface area contributed by atoms with Gasteiger partial charge in [-0.2, -0.15) is 13.2 Å². The molecule has 13 heteroatoms. The molecule has 152 valence electrons. The number of nitro groups is 1. The Morgan fingerprint density at radius 1 is 1.43 bits per heavy atom. The molecule has 2 aromatic rings. The number of benzene rings is 1. The van der Waals surface area contributed by atoms with E-state index in [-0.39, 0.29) is 17.1 Å². The fourth-order valence-corrected chi connectivity index (χ4v) is 2.59. The minimum atomic E-state index is -4.75. The maximum absolute atomic E-state index is 13.0. The summed E-state index contributed by atoms with van der Waals surface area (Å²) in [7, 11) is 2.19. The fourth-order valence-electron chi connectivity index (χ4n) is 2.28. The summed E-state index contributed by atoms with van der Waals surface area (Å²) in [5, 5.41) is 16.6. The van der Waals surface area contributed by atoms with Crippen molar-refractivity contribution in [3.05, 3.63) is 39.0 Å². The molecule has 0 saturated heterocycles. The summed E-state index contributed by atoms with van der Waals surface area (Å²) in [5.41, 5.74) is -1.70. The monoisotopic (exact) mass is 422 g/mol. The van der Waals surface area contributed by atoms with Crippen LogP contribution in [0.25, 0.3) is 0 Å². The normalized spacial score (nSPS) is 12.4. The second kappa shape index (κ2) is 7.92. The summed E-state index contributed by atoms with van der Waals surface area (Å²) < 4.78 is 49.3. The number of carbonyl (C=O) groups is 1. The van der Waals surface area contributed by atoms with E-state index in [0.717, 1.165) is 32.4 Å². The molecule has 0 fully saturated rings. The largest absolute Gasteiger partial charge is 0.467 e. The lowest BCUT2D eigenvalue weighted by Gasteiger charge is -2.14. The van der Waals surface area contributed by atoms with E-state index in [1.807, 2.05) is 0 Å². The van der Waals surface area contributed by atoms with E-state index in [1.54, 1.807) is 0 Å². The van der Waals surface area contributed by atoms with Crippen LogP contribution < -0.4 is 10.1 Å². The number of aryl methyl sites for hydroxylation is 1. The molecule has 1 N–H and O–H groups in total. The highest BCUT2D eigenvalue weighted by molar-refractivity contribution is 6.32. The number of nitro benzene ring substituents is 1. The molecule has 0 radical (unpaired) electrons. The number of halogens is 4. The molecule has 1 aromatic heterocycles. The lowest BCUT2D eigenvalue weighted by molar-refractivity contribution is -0.384. The van der Waals surface area contributed by atoms with Crippen molar-refractivity contribution in [1.82, 2.24) is 9.78 Å². The zero-order chi connectivity index (χ0) is 21.2. The van der Waals surface area contributed by atoms with Crippen LogP contribution >= 0.6 is 11.6 Å². The zero-order valence-corrected chi connectivity index (χ0v) is 15.5. The summed E-state index contributed by atoms with van der Waals surface area (Å²) in [6, 6.07) is 2.41. The number of aromatic nitrogens is 2. The molecule has 0 unspecified atom stereocenters. The predicted octanol–water partition coefficient (Wildman–Crippen LogP) is 3.77. The molecule has 0 amide bonds. The van der Waals surface area contributed by atoms with Crippen LogP contribution in [0, 0.1) is 10.1 Å². The second-order valence-corrected chi connectivity index (χ2v) is 5.89. The predicted molar refractivity (Wildman–Crippen MR) is 91.5 cm³/mol. The van der Waals surface area contributed by atoms with Gasteiger partial charge in [0.1, 0.15) is 22.5 Å². The van der Waals surface area contributed by atoms with Crippen molar-refractivity contribution < 1.29 is 32.4 Å². The van der Waals surface area contributed by atoms with Gasteiger partial charge in [-0.25, -0.2) is 4.79 Å². The molecule has 0 aliphatic carbocycles. The van der Waals surface area contributed by atoms with Gasteiger partial charge in [0.25, 0.3) is 11.6 Å². The van der Waals surface area contributed by atoms with Crippen LogP contribution in [0.4, 0.5) is 24.5 Å². The van der Waals surface area contributed by atoms with Crippen molar-refractivity contribution in [2.24, 2.45) is 7.05 Å². The number of rotatable bonds is 6. The molecule has 1 atom stereocenters. The Balaban J connectivity index is 2.39. The summed E-state index contributed by atoms with van der Waals surface area (Å²) in [6.45, 7) is 1.41. The second-order valence-electron chi connectivity index (χ2n) is 5.52. The quantitative estimate of drug-likeness (QED) is 0.429. The summed E-state index contributed by atoms with van der Waals surface area (Å²) in [5.74, 6) is -1.29. The molecule has 2 rings (SSSR count). The van der Waals surface area contributed by atoms with Crippen molar-refractivity contribution in [3.63, 3.8) is 0 Å². The Hall–Kier alpha value is -3.02. The van der Waals surface area contributed by atoms with E-state index in [9.17, 15) is 28.1 Å². The number of nitrogens with zero attached hydrogens (tertiary/aromatic N) is 3. The van der Waals surface area contributed by atoms with Crippen LogP contribution in [0.1, 0.15) is 12.6 Å². The maximum atomic E-state index is 13.0. The highest BCUT2D eigenvalue weighted by Gasteiger charge is 2.39. The minimum Gasteiger partial charge on any atom is -0.467 e. The lowest BCUT2D eigenvalue weighted by atomic mass is 10.2. The van der Waals surface area contributed by atoms with Gasteiger partial charge in [-0.1, -0.05) is 11.6 Å². The average Bonchev–Trinajstić information content (AvgIpc) is 2.87. The maximum Gasteiger partial charge on any atom is 0.434 e. The third kappa shape index (κ3) is 4.44. The molecule has 0 spiro atoms. The summed E-state index contributed by atoms with van der Waals surface area (Å²) in [6.07, 6.45) is -4.75. The SMILES string of the molecule is COC(=O)[C@H](C)Nc1cc(Oc2nn(C)c(C(F)(F)F)c2Cl)ccc1[N+](=O)[O-]. The molecule has 0 bridgehead atoms. The average molecular weight is 423 g/mol. The fraction of sp³-hybridized carbons (Fsp3) is 0.333. The van der Waals surface area contributed by atoms with Crippen LogP contribution in [0.2, 0.25) is 5.02 Å². The van der Waals surface area contributed by atoms with Gasteiger partial charge >= 0.3 is 12.1 Å². The van der Waals surface area contributed by atoms with E-state index in [4.69, 9.17) is 16.3 Å². The van der Waals surface area contributed by atoms with Crippen molar-refractivity contribution in [2.45, 2.75) is 19.1 Å².